The first-order valence-electron chi connectivity index (χ1n) is 10.0. The molecule has 7 nitrogen and oxygen atoms in total. The number of hydrogen-bond donors (Lipinski definition) is 0. The van der Waals surface area contributed by atoms with E-state index in [1.807, 2.05) is 16.9 Å². The Bertz CT molecular complexity index is 955. The molecule has 0 saturated heterocycles. The zero-order valence-electron chi connectivity index (χ0n) is 16.9. The van der Waals surface area contributed by atoms with Gasteiger partial charge in [0.1, 0.15) is 13.3 Å². The highest BCUT2D eigenvalue weighted by Crippen LogP contribution is 2.40. The SMILES string of the molecule is CC(=O)N1c2ccc(-c3cnn(C4CC4)c3)cc2N(C(=O)OC(CF)CF)C[C@@H]1C. The Balaban J connectivity index is 1.72. The van der Waals surface area contributed by atoms with E-state index in [9.17, 15) is 18.4 Å². The maximum atomic E-state index is 12.9. The molecule has 2 heterocycles. The normalized spacial score (nSPS) is 18.5. The summed E-state index contributed by atoms with van der Waals surface area (Å²) >= 11 is 0. The highest BCUT2D eigenvalue weighted by molar-refractivity contribution is 6.03. The molecule has 0 spiro atoms. The van der Waals surface area contributed by atoms with Gasteiger partial charge < -0.3 is 9.64 Å². The lowest BCUT2D eigenvalue weighted by Crippen LogP contribution is -2.52. The van der Waals surface area contributed by atoms with Crippen molar-refractivity contribution in [1.29, 1.82) is 0 Å². The fraction of sp³-hybridized carbons (Fsp3) is 0.476. The van der Waals surface area contributed by atoms with Crippen LogP contribution >= 0.6 is 0 Å². The molecular formula is C21H24F2N4O3. The smallest absolute Gasteiger partial charge is 0.414 e. The Morgan fingerprint density at radius 1 is 1.20 bits per heavy atom. The number of anilines is 2. The zero-order chi connectivity index (χ0) is 21.4. The van der Waals surface area contributed by atoms with Crippen molar-refractivity contribution in [2.24, 2.45) is 0 Å². The molecule has 2 aromatic rings. The fourth-order valence-corrected chi connectivity index (χ4v) is 3.79. The number of halogens is 2. The molecule has 2 amide bonds. The zero-order valence-corrected chi connectivity index (χ0v) is 16.9. The third-order valence-electron chi connectivity index (χ3n) is 5.44. The van der Waals surface area contributed by atoms with E-state index in [1.165, 1.54) is 11.8 Å². The van der Waals surface area contributed by atoms with Crippen molar-refractivity contribution in [3.05, 3.63) is 30.6 Å². The van der Waals surface area contributed by atoms with E-state index in [0.29, 0.717) is 17.4 Å². The number of nitrogens with zero attached hydrogens (tertiary/aromatic N) is 4. The van der Waals surface area contributed by atoms with Gasteiger partial charge in [0.05, 0.1) is 29.7 Å². The molecule has 1 aliphatic heterocycles. The van der Waals surface area contributed by atoms with Crippen LogP contribution in [-0.4, -0.2) is 53.8 Å². The molecule has 1 fully saturated rings. The van der Waals surface area contributed by atoms with Gasteiger partial charge in [-0.2, -0.15) is 5.10 Å². The van der Waals surface area contributed by atoms with E-state index in [2.05, 4.69) is 5.10 Å². The Hall–Kier alpha value is -2.97. The number of ether oxygens (including phenoxy) is 1. The van der Waals surface area contributed by atoms with Gasteiger partial charge in [-0.25, -0.2) is 13.6 Å². The molecule has 30 heavy (non-hydrogen) atoms. The lowest BCUT2D eigenvalue weighted by atomic mass is 10.0. The van der Waals surface area contributed by atoms with E-state index >= 15 is 0 Å². The van der Waals surface area contributed by atoms with Crippen LogP contribution in [0.25, 0.3) is 11.1 Å². The number of alkyl halides is 2. The topological polar surface area (TPSA) is 67.7 Å². The van der Waals surface area contributed by atoms with Crippen LogP contribution in [0.4, 0.5) is 25.0 Å². The van der Waals surface area contributed by atoms with Crippen molar-refractivity contribution >= 4 is 23.4 Å². The first kappa shape index (κ1) is 20.3. The summed E-state index contributed by atoms with van der Waals surface area (Å²) in [6.45, 7) is 1.22. The van der Waals surface area contributed by atoms with E-state index < -0.39 is 25.5 Å². The van der Waals surface area contributed by atoms with Crippen LogP contribution in [0.3, 0.4) is 0 Å². The lowest BCUT2D eigenvalue weighted by molar-refractivity contribution is -0.117. The number of amides is 2. The first-order chi connectivity index (χ1) is 14.4. The summed E-state index contributed by atoms with van der Waals surface area (Å²) < 4.78 is 32.7. The van der Waals surface area contributed by atoms with Gasteiger partial charge in [0.25, 0.3) is 0 Å². The molecule has 1 aromatic carbocycles. The van der Waals surface area contributed by atoms with E-state index in [1.54, 1.807) is 30.2 Å². The summed E-state index contributed by atoms with van der Waals surface area (Å²) in [7, 11) is 0. The summed E-state index contributed by atoms with van der Waals surface area (Å²) in [5.74, 6) is -0.156. The molecule has 0 unspecified atom stereocenters. The van der Waals surface area contributed by atoms with Gasteiger partial charge in [0.15, 0.2) is 6.10 Å². The number of fused-ring (bicyclic) bond motifs is 1. The predicted octanol–water partition coefficient (Wildman–Crippen LogP) is 3.89. The molecule has 4 rings (SSSR count). The van der Waals surface area contributed by atoms with Crippen molar-refractivity contribution in [1.82, 2.24) is 9.78 Å². The van der Waals surface area contributed by atoms with Gasteiger partial charge in [-0.15, -0.1) is 0 Å². The quantitative estimate of drug-likeness (QED) is 0.739. The van der Waals surface area contributed by atoms with Crippen LogP contribution in [0.2, 0.25) is 0 Å². The van der Waals surface area contributed by atoms with Crippen LogP contribution in [0.15, 0.2) is 30.6 Å². The summed E-state index contributed by atoms with van der Waals surface area (Å²) in [5, 5.41) is 4.40. The molecule has 1 saturated carbocycles. The van der Waals surface area contributed by atoms with Gasteiger partial charge in [0.2, 0.25) is 5.91 Å². The second kappa shape index (κ2) is 8.04. The lowest BCUT2D eigenvalue weighted by Gasteiger charge is -2.40. The van der Waals surface area contributed by atoms with Crippen molar-refractivity contribution in [2.45, 2.75) is 44.9 Å². The van der Waals surface area contributed by atoms with Crippen molar-refractivity contribution < 1.29 is 23.1 Å². The second-order valence-corrected chi connectivity index (χ2v) is 7.81. The molecule has 2 aliphatic rings. The summed E-state index contributed by atoms with van der Waals surface area (Å²) in [6.07, 6.45) is 3.67. The molecule has 0 radical (unpaired) electrons. The van der Waals surface area contributed by atoms with Crippen molar-refractivity contribution in [2.75, 3.05) is 29.7 Å². The highest BCUT2D eigenvalue weighted by atomic mass is 19.1. The van der Waals surface area contributed by atoms with Crippen LogP contribution in [-0.2, 0) is 9.53 Å². The maximum absolute atomic E-state index is 12.9. The standard InChI is InChI=1S/C21H24F2N4O3/c1-13-11-25(21(29)30-18(8-22)9-23)20-7-15(3-6-19(20)27(13)14(2)28)16-10-24-26(12-16)17-4-5-17/h3,6-7,10,12-13,17-18H,4-5,8-9,11H2,1-2H3/t13-/m0/s1. The number of benzene rings is 1. The van der Waals surface area contributed by atoms with Gasteiger partial charge >= 0.3 is 6.09 Å². The predicted molar refractivity (Wildman–Crippen MR) is 108 cm³/mol. The van der Waals surface area contributed by atoms with Crippen molar-refractivity contribution in [3.8, 4) is 11.1 Å². The first-order valence-corrected chi connectivity index (χ1v) is 10.0. The van der Waals surface area contributed by atoms with Crippen LogP contribution < -0.4 is 9.80 Å². The number of carbonyl (C=O) groups is 2. The summed E-state index contributed by atoms with van der Waals surface area (Å²) in [5.41, 5.74) is 2.72. The van der Waals surface area contributed by atoms with Gasteiger partial charge in [-0.05, 0) is 37.5 Å². The van der Waals surface area contributed by atoms with E-state index in [0.717, 1.165) is 24.0 Å². The molecular weight excluding hydrogens is 394 g/mol. The summed E-state index contributed by atoms with van der Waals surface area (Å²) in [4.78, 5) is 27.9. The van der Waals surface area contributed by atoms with Crippen LogP contribution in [0.1, 0.15) is 32.7 Å². The van der Waals surface area contributed by atoms with Crippen LogP contribution in [0, 0.1) is 0 Å². The van der Waals surface area contributed by atoms with E-state index in [-0.39, 0.29) is 18.5 Å². The highest BCUT2D eigenvalue weighted by Gasteiger charge is 2.35. The summed E-state index contributed by atoms with van der Waals surface area (Å²) in [6, 6.07) is 5.55. The third-order valence-corrected chi connectivity index (χ3v) is 5.44. The number of aromatic nitrogens is 2. The Labute approximate surface area is 173 Å². The molecule has 0 N–H and O–H groups in total. The molecule has 1 atom stereocenters. The second-order valence-electron chi connectivity index (χ2n) is 7.81. The molecule has 1 aliphatic carbocycles. The average Bonchev–Trinajstić information content (AvgIpc) is 3.47. The Morgan fingerprint density at radius 2 is 1.93 bits per heavy atom. The molecule has 9 heteroatoms. The number of rotatable bonds is 5. The maximum Gasteiger partial charge on any atom is 0.414 e. The average molecular weight is 418 g/mol. The number of carbonyl (C=O) groups excluding carboxylic acids is 2. The molecule has 0 bridgehead atoms. The minimum atomic E-state index is -1.44. The largest absolute Gasteiger partial charge is 0.440 e. The van der Waals surface area contributed by atoms with Crippen LogP contribution in [0.5, 0.6) is 0 Å². The number of hydrogen-bond acceptors (Lipinski definition) is 4. The third kappa shape index (κ3) is 3.76. The fourth-order valence-electron chi connectivity index (χ4n) is 3.79. The van der Waals surface area contributed by atoms with Gasteiger partial charge in [0, 0.05) is 25.2 Å². The Kier molecular flexibility index (Phi) is 5.44. The van der Waals surface area contributed by atoms with Gasteiger partial charge in [-0.3, -0.25) is 14.4 Å². The van der Waals surface area contributed by atoms with Crippen molar-refractivity contribution in [3.63, 3.8) is 0 Å². The molecule has 160 valence electrons. The minimum Gasteiger partial charge on any atom is -0.440 e. The Morgan fingerprint density at radius 3 is 2.57 bits per heavy atom. The van der Waals surface area contributed by atoms with E-state index in [4.69, 9.17) is 4.74 Å². The minimum absolute atomic E-state index is 0.154. The monoisotopic (exact) mass is 418 g/mol. The molecule has 1 aromatic heterocycles. The van der Waals surface area contributed by atoms with Gasteiger partial charge in [-0.1, -0.05) is 6.07 Å².